The first-order valence-corrected chi connectivity index (χ1v) is 12.3. The van der Waals surface area contributed by atoms with Crippen LogP contribution in [0.3, 0.4) is 0 Å². The molecular weight excluding hydrogens is 599 g/mol. The molecule has 1 aliphatic heterocycles. The number of halogens is 6. The van der Waals surface area contributed by atoms with Crippen molar-refractivity contribution in [1.82, 2.24) is 0 Å². The average Bonchev–Trinajstić information content (AvgIpc) is 3.08. The van der Waals surface area contributed by atoms with E-state index in [1.165, 1.54) is 0 Å². The Balaban J connectivity index is 1.62. The summed E-state index contributed by atoms with van der Waals surface area (Å²) in [6.07, 6.45) is -4.66. The number of benzene rings is 3. The van der Waals surface area contributed by atoms with Crippen LogP contribution < -0.4 is 4.90 Å². The molecule has 0 spiro atoms. The van der Waals surface area contributed by atoms with Crippen molar-refractivity contribution in [3.63, 3.8) is 0 Å². The number of carbonyl (C=O) groups excluding carboxylic acids is 2. The standard InChI is InChI=1S/C25H13Br2ClF3NO2/c26-23-13-5-1-2-6-14(13)24(27,16-8-4-3-7-15(16)23)20-19(23)21(33)32(22(20)34)18-11-12(25(29,30)31)9-10-17(18)28/h1-11,19-20H/t19-,20+,23?,24?. The fourth-order valence-corrected chi connectivity index (χ4v) is 8.27. The van der Waals surface area contributed by atoms with Gasteiger partial charge in [-0.2, -0.15) is 13.2 Å². The van der Waals surface area contributed by atoms with E-state index in [1.54, 1.807) is 0 Å². The molecule has 1 heterocycles. The van der Waals surface area contributed by atoms with Crippen molar-refractivity contribution in [3.8, 4) is 0 Å². The molecule has 2 atom stereocenters. The van der Waals surface area contributed by atoms with Gasteiger partial charge in [0.15, 0.2) is 0 Å². The van der Waals surface area contributed by atoms with E-state index in [4.69, 9.17) is 11.6 Å². The van der Waals surface area contributed by atoms with E-state index in [0.29, 0.717) is 0 Å². The number of imide groups is 1. The molecule has 172 valence electrons. The summed E-state index contributed by atoms with van der Waals surface area (Å²) in [5.41, 5.74) is 2.10. The van der Waals surface area contributed by atoms with E-state index in [2.05, 4.69) is 31.9 Å². The van der Waals surface area contributed by atoms with Gasteiger partial charge in [-0.05, 0) is 40.5 Å². The molecule has 3 nitrogen and oxygen atoms in total. The summed E-state index contributed by atoms with van der Waals surface area (Å²) in [4.78, 5) is 28.7. The topological polar surface area (TPSA) is 37.4 Å². The minimum Gasteiger partial charge on any atom is -0.274 e. The molecule has 0 radical (unpaired) electrons. The van der Waals surface area contributed by atoms with Gasteiger partial charge in [0, 0.05) is 0 Å². The Kier molecular flexibility index (Phi) is 4.56. The average molecular weight is 612 g/mol. The van der Waals surface area contributed by atoms with Crippen LogP contribution in [-0.2, 0) is 24.4 Å². The van der Waals surface area contributed by atoms with Gasteiger partial charge < -0.3 is 0 Å². The Bertz CT molecular complexity index is 1300. The van der Waals surface area contributed by atoms with E-state index in [-0.39, 0.29) is 10.7 Å². The lowest BCUT2D eigenvalue weighted by atomic mass is 9.54. The van der Waals surface area contributed by atoms with Gasteiger partial charge in [-0.15, -0.1) is 0 Å². The Morgan fingerprint density at radius 3 is 1.56 bits per heavy atom. The highest BCUT2D eigenvalue weighted by atomic mass is 79.9. The minimum atomic E-state index is -4.66. The maximum Gasteiger partial charge on any atom is 0.416 e. The predicted molar refractivity (Wildman–Crippen MR) is 128 cm³/mol. The summed E-state index contributed by atoms with van der Waals surface area (Å²) in [6.45, 7) is 0. The Morgan fingerprint density at radius 1 is 0.765 bits per heavy atom. The second kappa shape index (κ2) is 6.95. The first kappa shape index (κ1) is 22.3. The number of hydrogen-bond acceptors (Lipinski definition) is 2. The van der Waals surface area contributed by atoms with Gasteiger partial charge in [-0.3, -0.25) is 9.59 Å². The van der Waals surface area contributed by atoms with E-state index < -0.39 is 44.0 Å². The molecule has 1 saturated heterocycles. The molecule has 34 heavy (non-hydrogen) atoms. The van der Waals surface area contributed by atoms with Crippen LogP contribution in [0.25, 0.3) is 0 Å². The largest absolute Gasteiger partial charge is 0.416 e. The Hall–Kier alpha value is -2.16. The van der Waals surface area contributed by atoms with Crippen LogP contribution in [0.1, 0.15) is 27.8 Å². The molecule has 0 unspecified atom stereocenters. The Morgan fingerprint density at radius 2 is 1.18 bits per heavy atom. The summed E-state index contributed by atoms with van der Waals surface area (Å²) in [6, 6.07) is 17.7. The third kappa shape index (κ3) is 2.54. The molecule has 0 N–H and O–H groups in total. The third-order valence-corrected chi connectivity index (χ3v) is 10.1. The van der Waals surface area contributed by atoms with E-state index in [1.807, 2.05) is 48.5 Å². The number of amides is 2. The minimum absolute atomic E-state index is 0.108. The van der Waals surface area contributed by atoms with Crippen LogP contribution >= 0.6 is 43.5 Å². The molecule has 3 aliphatic carbocycles. The normalized spacial score (nSPS) is 29.2. The van der Waals surface area contributed by atoms with Gasteiger partial charge in [-0.1, -0.05) is 92.0 Å². The van der Waals surface area contributed by atoms with Crippen molar-refractivity contribution in [3.05, 3.63) is 99.6 Å². The summed E-state index contributed by atoms with van der Waals surface area (Å²) < 4.78 is 38.3. The SMILES string of the molecule is O=C1[C@@H]2[C@H](C(=O)N1c1cc(C(F)(F)F)ccc1Cl)C1(Br)c3ccccc3C2(Br)c2ccccc21. The summed E-state index contributed by atoms with van der Waals surface area (Å²) >= 11 is 14.0. The highest BCUT2D eigenvalue weighted by Crippen LogP contribution is 2.71. The molecule has 7 rings (SSSR count). The molecule has 2 bridgehead atoms. The molecule has 4 aliphatic rings. The molecule has 3 aromatic rings. The number of nitrogens with zero attached hydrogens (tertiary/aromatic N) is 1. The maximum absolute atomic E-state index is 13.9. The zero-order valence-corrected chi connectivity index (χ0v) is 21.0. The van der Waals surface area contributed by atoms with Crippen molar-refractivity contribution >= 4 is 61.0 Å². The number of hydrogen-bond donors (Lipinski definition) is 0. The van der Waals surface area contributed by atoms with Crippen LogP contribution in [0.4, 0.5) is 18.9 Å². The highest BCUT2D eigenvalue weighted by Gasteiger charge is 2.72. The fraction of sp³-hybridized carbons (Fsp3) is 0.200. The Labute approximate surface area is 214 Å². The summed E-state index contributed by atoms with van der Waals surface area (Å²) in [5, 5.41) is -0.108. The quantitative estimate of drug-likeness (QED) is 0.225. The van der Waals surface area contributed by atoms with Crippen molar-refractivity contribution in [2.24, 2.45) is 11.8 Å². The molecule has 3 aromatic carbocycles. The number of alkyl halides is 5. The van der Waals surface area contributed by atoms with Crippen LogP contribution in [-0.4, -0.2) is 11.8 Å². The fourth-order valence-electron chi connectivity index (χ4n) is 5.76. The van der Waals surface area contributed by atoms with Crippen molar-refractivity contribution in [1.29, 1.82) is 0 Å². The molecule has 1 fully saturated rings. The number of anilines is 1. The van der Waals surface area contributed by atoms with Gasteiger partial charge in [0.25, 0.3) is 0 Å². The van der Waals surface area contributed by atoms with Crippen molar-refractivity contribution in [2.75, 3.05) is 4.90 Å². The van der Waals surface area contributed by atoms with Gasteiger partial charge in [0.2, 0.25) is 11.8 Å². The van der Waals surface area contributed by atoms with Gasteiger partial charge in [0.05, 0.1) is 36.8 Å². The number of rotatable bonds is 1. The van der Waals surface area contributed by atoms with E-state index >= 15 is 0 Å². The predicted octanol–water partition coefficient (Wildman–Crippen LogP) is 6.77. The van der Waals surface area contributed by atoms with Gasteiger partial charge in [0.1, 0.15) is 0 Å². The molecule has 2 amide bonds. The van der Waals surface area contributed by atoms with Crippen molar-refractivity contribution in [2.45, 2.75) is 14.8 Å². The molecule has 0 saturated carbocycles. The summed E-state index contributed by atoms with van der Waals surface area (Å²) in [5.74, 6) is -2.98. The molecular formula is C25H13Br2ClF3NO2. The maximum atomic E-state index is 13.9. The first-order chi connectivity index (χ1) is 16.0. The van der Waals surface area contributed by atoms with Gasteiger partial charge >= 0.3 is 6.18 Å². The van der Waals surface area contributed by atoms with Crippen LogP contribution in [0.2, 0.25) is 5.02 Å². The second-order valence-electron chi connectivity index (χ2n) is 8.65. The van der Waals surface area contributed by atoms with Crippen molar-refractivity contribution < 1.29 is 22.8 Å². The van der Waals surface area contributed by atoms with Crippen LogP contribution in [0.5, 0.6) is 0 Å². The van der Waals surface area contributed by atoms with Crippen LogP contribution in [0.15, 0.2) is 66.7 Å². The lowest BCUT2D eigenvalue weighted by molar-refractivity contribution is -0.137. The second-order valence-corrected chi connectivity index (χ2v) is 11.6. The molecule has 9 heteroatoms. The zero-order valence-electron chi connectivity index (χ0n) is 17.0. The van der Waals surface area contributed by atoms with E-state index in [0.717, 1.165) is 45.4 Å². The summed E-state index contributed by atoms with van der Waals surface area (Å²) in [7, 11) is 0. The molecule has 0 aromatic heterocycles. The first-order valence-electron chi connectivity index (χ1n) is 10.3. The smallest absolute Gasteiger partial charge is 0.274 e. The van der Waals surface area contributed by atoms with E-state index in [9.17, 15) is 22.8 Å². The highest BCUT2D eigenvalue weighted by molar-refractivity contribution is 9.10. The van der Waals surface area contributed by atoms with Gasteiger partial charge in [-0.25, -0.2) is 4.90 Å². The monoisotopic (exact) mass is 609 g/mol. The number of carbonyl (C=O) groups is 2. The lowest BCUT2D eigenvalue weighted by Gasteiger charge is -2.55. The lowest BCUT2D eigenvalue weighted by Crippen LogP contribution is -2.56. The third-order valence-electron chi connectivity index (χ3n) is 7.10. The zero-order chi connectivity index (χ0) is 24.2. The van der Waals surface area contributed by atoms with Crippen LogP contribution in [0, 0.1) is 11.8 Å².